The van der Waals surface area contributed by atoms with Crippen molar-refractivity contribution in [3.05, 3.63) is 71.5 Å². The van der Waals surface area contributed by atoms with Crippen molar-refractivity contribution < 1.29 is 13.6 Å². The third kappa shape index (κ3) is 4.23. The smallest absolute Gasteiger partial charge is 0.272 e. The van der Waals surface area contributed by atoms with E-state index in [-0.39, 0.29) is 23.7 Å². The summed E-state index contributed by atoms with van der Waals surface area (Å²) >= 11 is 0. The maximum Gasteiger partial charge on any atom is 0.272 e. The van der Waals surface area contributed by atoms with Crippen molar-refractivity contribution in [2.75, 3.05) is 13.1 Å². The van der Waals surface area contributed by atoms with Crippen LogP contribution in [0.15, 0.2) is 47.1 Å². The minimum atomic E-state index is -0.252. The van der Waals surface area contributed by atoms with Gasteiger partial charge in [-0.05, 0) is 50.5 Å². The maximum atomic E-state index is 13.1. The number of halogens is 1. The Morgan fingerprint density at radius 3 is 2.83 bits per heavy atom. The van der Waals surface area contributed by atoms with Crippen molar-refractivity contribution in [2.45, 2.75) is 45.1 Å². The lowest BCUT2D eigenvalue weighted by molar-refractivity contribution is 0.0683. The first-order valence-corrected chi connectivity index (χ1v) is 10.0. The first-order valence-electron chi connectivity index (χ1n) is 10.0. The molecule has 7 heteroatoms. The Kier molecular flexibility index (Phi) is 5.47. The van der Waals surface area contributed by atoms with Gasteiger partial charge in [0.1, 0.15) is 17.3 Å². The lowest BCUT2D eigenvalue weighted by atomic mass is 9.97. The molecule has 0 saturated carbocycles. The van der Waals surface area contributed by atoms with E-state index in [1.165, 1.54) is 12.1 Å². The topological polar surface area (TPSA) is 64.2 Å². The molecular weight excluding hydrogens is 371 g/mol. The Balaban J connectivity index is 1.44. The average molecular weight is 396 g/mol. The molecule has 1 amide bonds. The van der Waals surface area contributed by atoms with E-state index < -0.39 is 0 Å². The van der Waals surface area contributed by atoms with Crippen LogP contribution >= 0.6 is 0 Å². The summed E-state index contributed by atoms with van der Waals surface area (Å²) in [6, 6.07) is 8.29. The second kappa shape index (κ2) is 8.19. The Bertz CT molecular complexity index is 977. The molecule has 1 aliphatic heterocycles. The summed E-state index contributed by atoms with van der Waals surface area (Å²) in [5.41, 5.74) is 1.58. The summed E-state index contributed by atoms with van der Waals surface area (Å²) < 4.78 is 20.8. The summed E-state index contributed by atoms with van der Waals surface area (Å²) in [5.74, 6) is 1.23. The molecule has 2 aromatic heterocycles. The Hall–Kier alpha value is -2.96. The van der Waals surface area contributed by atoms with Crippen molar-refractivity contribution in [3.63, 3.8) is 0 Å². The van der Waals surface area contributed by atoms with Gasteiger partial charge in [-0.15, -0.1) is 0 Å². The van der Waals surface area contributed by atoms with Crippen LogP contribution in [0.3, 0.4) is 0 Å². The molecule has 0 unspecified atom stereocenters. The van der Waals surface area contributed by atoms with Gasteiger partial charge in [-0.25, -0.2) is 9.37 Å². The van der Waals surface area contributed by atoms with Crippen LogP contribution in [0.1, 0.15) is 66.4 Å². The summed E-state index contributed by atoms with van der Waals surface area (Å²) in [6.07, 6.45) is 5.81. The van der Waals surface area contributed by atoms with Gasteiger partial charge in [-0.2, -0.15) is 5.10 Å². The second-order valence-electron chi connectivity index (χ2n) is 7.81. The lowest BCUT2D eigenvalue weighted by Crippen LogP contribution is -2.40. The number of hydrogen-bond acceptors (Lipinski definition) is 4. The minimum absolute atomic E-state index is 0.000934. The van der Waals surface area contributed by atoms with Gasteiger partial charge < -0.3 is 9.32 Å². The Labute approximate surface area is 169 Å². The molecule has 0 radical (unpaired) electrons. The molecule has 4 rings (SSSR count). The SMILES string of the molecule is CC(C)n1nccc1C(=O)N1CCC[C@@H](c2ncc(Cc3ccc(F)cc3)o2)C1. The normalized spacial score (nSPS) is 17.1. The third-order valence-electron chi connectivity index (χ3n) is 5.30. The van der Waals surface area contributed by atoms with Crippen LogP contribution < -0.4 is 0 Å². The molecule has 1 fully saturated rings. The number of carbonyl (C=O) groups excluding carboxylic acids is 1. The molecule has 1 aromatic carbocycles. The van der Waals surface area contributed by atoms with Crippen LogP contribution in [0.4, 0.5) is 4.39 Å². The fourth-order valence-corrected chi connectivity index (χ4v) is 3.82. The van der Waals surface area contributed by atoms with Gasteiger partial charge in [0, 0.05) is 31.7 Å². The number of amides is 1. The zero-order valence-electron chi connectivity index (χ0n) is 16.7. The monoisotopic (exact) mass is 396 g/mol. The number of nitrogens with zero attached hydrogens (tertiary/aromatic N) is 4. The first kappa shape index (κ1) is 19.4. The van der Waals surface area contributed by atoms with Gasteiger partial charge in [-0.1, -0.05) is 12.1 Å². The molecule has 1 atom stereocenters. The molecule has 0 aliphatic carbocycles. The number of aromatic nitrogens is 3. The zero-order valence-corrected chi connectivity index (χ0v) is 16.7. The molecule has 3 heterocycles. The highest BCUT2D eigenvalue weighted by Gasteiger charge is 2.30. The summed E-state index contributed by atoms with van der Waals surface area (Å²) in [5, 5.41) is 4.27. The van der Waals surface area contributed by atoms with Crippen LogP contribution in [-0.2, 0) is 6.42 Å². The Morgan fingerprint density at radius 2 is 2.07 bits per heavy atom. The van der Waals surface area contributed by atoms with E-state index in [4.69, 9.17) is 4.42 Å². The number of oxazole rings is 1. The number of benzene rings is 1. The van der Waals surface area contributed by atoms with Crippen LogP contribution in [0.5, 0.6) is 0 Å². The van der Waals surface area contributed by atoms with Crippen LogP contribution in [0.2, 0.25) is 0 Å². The second-order valence-corrected chi connectivity index (χ2v) is 7.81. The highest BCUT2D eigenvalue weighted by Crippen LogP contribution is 2.28. The molecule has 3 aromatic rings. The van der Waals surface area contributed by atoms with E-state index in [2.05, 4.69) is 10.1 Å². The number of piperidine rings is 1. The quantitative estimate of drug-likeness (QED) is 0.648. The van der Waals surface area contributed by atoms with Crippen molar-refractivity contribution in [1.29, 1.82) is 0 Å². The van der Waals surface area contributed by atoms with E-state index >= 15 is 0 Å². The molecule has 0 spiro atoms. The van der Waals surface area contributed by atoms with E-state index in [0.29, 0.717) is 24.6 Å². The third-order valence-corrected chi connectivity index (χ3v) is 5.30. The summed E-state index contributed by atoms with van der Waals surface area (Å²) in [6.45, 7) is 5.33. The number of hydrogen-bond donors (Lipinski definition) is 0. The van der Waals surface area contributed by atoms with Crippen molar-refractivity contribution >= 4 is 5.91 Å². The number of likely N-dealkylation sites (tertiary alicyclic amines) is 1. The number of rotatable bonds is 5. The summed E-state index contributed by atoms with van der Waals surface area (Å²) in [4.78, 5) is 19.3. The van der Waals surface area contributed by atoms with E-state index in [1.54, 1.807) is 35.3 Å². The molecule has 152 valence electrons. The minimum Gasteiger partial charge on any atom is -0.445 e. The van der Waals surface area contributed by atoms with Gasteiger partial charge in [0.25, 0.3) is 5.91 Å². The predicted molar refractivity (Wildman–Crippen MR) is 106 cm³/mol. The standard InChI is InChI=1S/C22H25FN4O2/c1-15(2)27-20(9-10-25-27)22(28)26-11-3-4-17(14-26)21-24-13-19(29-21)12-16-5-7-18(23)8-6-16/h5-10,13,15,17H,3-4,11-12,14H2,1-2H3/t17-/m1/s1. The van der Waals surface area contributed by atoms with E-state index in [1.807, 2.05) is 18.7 Å². The maximum absolute atomic E-state index is 13.1. The van der Waals surface area contributed by atoms with Gasteiger partial charge in [0.15, 0.2) is 5.89 Å². The number of carbonyl (C=O) groups is 1. The van der Waals surface area contributed by atoms with Crippen LogP contribution in [-0.4, -0.2) is 38.7 Å². The molecule has 29 heavy (non-hydrogen) atoms. The van der Waals surface area contributed by atoms with Gasteiger partial charge in [0.2, 0.25) is 0 Å². The fraction of sp³-hybridized carbons (Fsp3) is 0.409. The van der Waals surface area contributed by atoms with Crippen molar-refractivity contribution in [1.82, 2.24) is 19.7 Å². The molecule has 6 nitrogen and oxygen atoms in total. The molecule has 0 N–H and O–H groups in total. The van der Waals surface area contributed by atoms with Crippen molar-refractivity contribution in [2.24, 2.45) is 0 Å². The largest absolute Gasteiger partial charge is 0.445 e. The summed E-state index contributed by atoms with van der Waals surface area (Å²) in [7, 11) is 0. The fourth-order valence-electron chi connectivity index (χ4n) is 3.82. The van der Waals surface area contributed by atoms with Gasteiger partial charge in [-0.3, -0.25) is 9.48 Å². The molecule has 0 bridgehead atoms. The molecule has 1 aliphatic rings. The average Bonchev–Trinajstić information content (AvgIpc) is 3.39. The zero-order chi connectivity index (χ0) is 20.4. The van der Waals surface area contributed by atoms with E-state index in [9.17, 15) is 9.18 Å². The van der Waals surface area contributed by atoms with Gasteiger partial charge >= 0.3 is 0 Å². The highest BCUT2D eigenvalue weighted by atomic mass is 19.1. The van der Waals surface area contributed by atoms with Gasteiger partial charge in [0.05, 0.1) is 12.1 Å². The molecular formula is C22H25FN4O2. The Morgan fingerprint density at radius 1 is 1.28 bits per heavy atom. The van der Waals surface area contributed by atoms with Crippen LogP contribution in [0, 0.1) is 5.82 Å². The highest BCUT2D eigenvalue weighted by molar-refractivity contribution is 5.92. The lowest BCUT2D eigenvalue weighted by Gasteiger charge is -2.31. The predicted octanol–water partition coefficient (Wildman–Crippen LogP) is 4.20. The van der Waals surface area contributed by atoms with Crippen LogP contribution in [0.25, 0.3) is 0 Å². The van der Waals surface area contributed by atoms with Crippen molar-refractivity contribution in [3.8, 4) is 0 Å². The van der Waals surface area contributed by atoms with E-state index in [0.717, 1.165) is 30.7 Å². The molecule has 1 saturated heterocycles. The first-order chi connectivity index (χ1) is 14.0.